The molecule has 2 saturated carbocycles. The largest absolute Gasteiger partial charge is 0.366 e. The van der Waals surface area contributed by atoms with Gasteiger partial charge < -0.3 is 5.73 Å². The number of rotatable bonds is 3. The smallest absolute Gasteiger partial charge is 0.260 e. The topological polar surface area (TPSA) is 46.3 Å². The zero-order valence-electron chi connectivity index (χ0n) is 12.7. The molecule has 1 aromatic carbocycles. The van der Waals surface area contributed by atoms with Crippen LogP contribution in [0.15, 0.2) is 18.2 Å². The van der Waals surface area contributed by atoms with Gasteiger partial charge in [0.25, 0.3) is 5.92 Å². The molecule has 4 rings (SSSR count). The van der Waals surface area contributed by atoms with Gasteiger partial charge in [0.05, 0.1) is 0 Å². The van der Waals surface area contributed by atoms with Gasteiger partial charge in [0.2, 0.25) is 5.91 Å². The minimum atomic E-state index is -2.50. The van der Waals surface area contributed by atoms with Gasteiger partial charge in [0, 0.05) is 28.5 Å². The Morgan fingerprint density at radius 3 is 2.22 bits per heavy atom. The average molecular weight is 324 g/mol. The second kappa shape index (κ2) is 4.50. The molecule has 1 aromatic rings. The summed E-state index contributed by atoms with van der Waals surface area (Å²) < 4.78 is 42.3. The third kappa shape index (κ3) is 1.84. The van der Waals surface area contributed by atoms with Crippen LogP contribution in [0.3, 0.4) is 0 Å². The van der Waals surface area contributed by atoms with Crippen molar-refractivity contribution in [3.63, 3.8) is 0 Å². The normalized spacial score (nSPS) is 26.4. The van der Waals surface area contributed by atoms with E-state index in [0.29, 0.717) is 50.9 Å². The predicted molar refractivity (Wildman–Crippen MR) is 78.5 cm³/mol. The summed E-state index contributed by atoms with van der Waals surface area (Å²) >= 11 is 0. The Labute approximate surface area is 132 Å². The van der Waals surface area contributed by atoms with E-state index in [-0.39, 0.29) is 5.56 Å². The van der Waals surface area contributed by atoms with Crippen molar-refractivity contribution < 1.29 is 18.0 Å². The van der Waals surface area contributed by atoms with Crippen LogP contribution in [-0.2, 0) is 6.54 Å². The quantitative estimate of drug-likeness (QED) is 0.929. The molecule has 3 nitrogen and oxygen atoms in total. The molecule has 1 aliphatic heterocycles. The summed E-state index contributed by atoms with van der Waals surface area (Å²) in [6.07, 6.45) is 2.29. The molecule has 3 aliphatic rings. The summed E-state index contributed by atoms with van der Waals surface area (Å²) in [7, 11) is 0. The number of primary amides is 1. The molecule has 2 spiro atoms. The summed E-state index contributed by atoms with van der Waals surface area (Å²) in [4.78, 5) is 13.0. The van der Waals surface area contributed by atoms with Gasteiger partial charge in [-0.3, -0.25) is 9.69 Å². The third-order valence-corrected chi connectivity index (χ3v) is 6.25. The molecule has 1 saturated heterocycles. The Bertz CT molecular complexity index is 670. The molecule has 0 radical (unpaired) electrons. The van der Waals surface area contributed by atoms with Crippen LogP contribution in [0.2, 0.25) is 0 Å². The predicted octanol–water partition coefficient (Wildman–Crippen LogP) is 2.94. The monoisotopic (exact) mass is 324 g/mol. The number of likely N-dealkylation sites (tertiary alicyclic amines) is 1. The average Bonchev–Trinajstić information content (AvgIpc) is 3.37. The Hall–Kier alpha value is -1.56. The number of carbonyl (C=O) groups is 1. The highest BCUT2D eigenvalue weighted by Gasteiger charge is 2.94. The first kappa shape index (κ1) is 15.0. The van der Waals surface area contributed by atoms with Crippen molar-refractivity contribution in [2.75, 3.05) is 13.1 Å². The van der Waals surface area contributed by atoms with E-state index in [1.807, 2.05) is 4.90 Å². The first-order valence-corrected chi connectivity index (χ1v) is 8.01. The number of hydrogen-bond donors (Lipinski definition) is 1. The number of hydrogen-bond acceptors (Lipinski definition) is 2. The highest BCUT2D eigenvalue weighted by Crippen LogP contribution is 2.89. The van der Waals surface area contributed by atoms with Crippen LogP contribution in [0.5, 0.6) is 0 Å². The Kier molecular flexibility index (Phi) is 2.93. The second-order valence-electron chi connectivity index (χ2n) is 7.19. The van der Waals surface area contributed by atoms with Crippen molar-refractivity contribution in [1.82, 2.24) is 4.90 Å². The fraction of sp³-hybridized carbons (Fsp3) is 0.588. The maximum absolute atomic E-state index is 14.1. The van der Waals surface area contributed by atoms with E-state index in [1.54, 1.807) is 6.07 Å². The Morgan fingerprint density at radius 1 is 1.13 bits per heavy atom. The Morgan fingerprint density at radius 2 is 1.74 bits per heavy atom. The number of piperidine rings is 1. The molecule has 6 heteroatoms. The van der Waals surface area contributed by atoms with Gasteiger partial charge >= 0.3 is 0 Å². The molecule has 1 amide bonds. The van der Waals surface area contributed by atoms with Gasteiger partial charge in [0.15, 0.2) is 0 Å². The molecule has 0 unspecified atom stereocenters. The van der Waals surface area contributed by atoms with E-state index in [2.05, 4.69) is 0 Å². The summed E-state index contributed by atoms with van der Waals surface area (Å²) in [6.45, 7) is 1.50. The fourth-order valence-electron chi connectivity index (χ4n) is 4.61. The number of carbonyl (C=O) groups excluding carboxylic acids is 1. The minimum absolute atomic E-state index is 0.136. The van der Waals surface area contributed by atoms with Crippen molar-refractivity contribution in [2.24, 2.45) is 16.6 Å². The van der Waals surface area contributed by atoms with Crippen LogP contribution in [0.4, 0.5) is 13.2 Å². The number of benzene rings is 1. The van der Waals surface area contributed by atoms with Crippen molar-refractivity contribution in [1.29, 1.82) is 0 Å². The molecule has 23 heavy (non-hydrogen) atoms. The lowest BCUT2D eigenvalue weighted by Crippen LogP contribution is -2.36. The van der Waals surface area contributed by atoms with Crippen LogP contribution < -0.4 is 5.73 Å². The lowest BCUT2D eigenvalue weighted by molar-refractivity contribution is 0.0271. The summed E-state index contributed by atoms with van der Waals surface area (Å²) in [5, 5.41) is 0. The fourth-order valence-corrected chi connectivity index (χ4v) is 4.61. The van der Waals surface area contributed by atoms with Crippen molar-refractivity contribution in [3.05, 3.63) is 35.1 Å². The lowest BCUT2D eigenvalue weighted by Gasteiger charge is -2.32. The molecule has 2 N–H and O–H groups in total. The third-order valence-electron chi connectivity index (χ3n) is 6.25. The number of nitrogens with zero attached hydrogens (tertiary/aromatic N) is 1. The van der Waals surface area contributed by atoms with Crippen LogP contribution in [0.25, 0.3) is 0 Å². The highest BCUT2D eigenvalue weighted by molar-refractivity contribution is 5.92. The highest BCUT2D eigenvalue weighted by atomic mass is 19.3. The maximum atomic E-state index is 14.1. The molecule has 0 bridgehead atoms. The summed E-state index contributed by atoms with van der Waals surface area (Å²) in [5.41, 5.74) is 4.25. The van der Waals surface area contributed by atoms with Crippen LogP contribution in [0, 0.1) is 16.6 Å². The van der Waals surface area contributed by atoms with Gasteiger partial charge in [-0.1, -0.05) is 6.07 Å². The van der Waals surface area contributed by atoms with Crippen LogP contribution in [-0.4, -0.2) is 29.8 Å². The number of halogens is 3. The number of alkyl halides is 2. The van der Waals surface area contributed by atoms with Crippen molar-refractivity contribution in [2.45, 2.75) is 38.2 Å². The zero-order valence-corrected chi connectivity index (χ0v) is 12.7. The number of fused-ring (bicyclic) bond motifs is 1. The van der Waals surface area contributed by atoms with Gasteiger partial charge in [-0.05, 0) is 50.9 Å². The van der Waals surface area contributed by atoms with Crippen molar-refractivity contribution >= 4 is 5.91 Å². The SMILES string of the molecule is NC(=O)c1ccc(CN2CCC3(CC2)C(F)(F)C32CC2)c(F)c1. The van der Waals surface area contributed by atoms with Crippen molar-refractivity contribution in [3.8, 4) is 0 Å². The maximum Gasteiger partial charge on any atom is 0.260 e. The summed E-state index contributed by atoms with van der Waals surface area (Å²) in [5.74, 6) is -3.64. The molecule has 1 heterocycles. The van der Waals surface area contributed by atoms with E-state index in [9.17, 15) is 18.0 Å². The van der Waals surface area contributed by atoms with Gasteiger partial charge in [-0.25, -0.2) is 13.2 Å². The van der Waals surface area contributed by atoms with E-state index in [4.69, 9.17) is 5.73 Å². The van der Waals surface area contributed by atoms with E-state index >= 15 is 0 Å². The molecule has 0 aromatic heterocycles. The first-order chi connectivity index (χ1) is 10.8. The zero-order chi connectivity index (χ0) is 16.5. The second-order valence-corrected chi connectivity index (χ2v) is 7.19. The molecular formula is C17H19F3N2O. The molecule has 0 atom stereocenters. The number of nitrogens with two attached hydrogens (primary N) is 1. The van der Waals surface area contributed by atoms with Gasteiger partial charge in [0.1, 0.15) is 5.82 Å². The summed E-state index contributed by atoms with van der Waals surface area (Å²) in [6, 6.07) is 4.19. The van der Waals surface area contributed by atoms with Gasteiger partial charge in [-0.2, -0.15) is 0 Å². The standard InChI is InChI=1S/C17H19F3N2O/c18-13-9-11(14(21)23)1-2-12(13)10-22-7-5-16(6-8-22)15(3-4-15)17(16,19)20/h1-2,9H,3-8,10H2,(H2,21,23). The minimum Gasteiger partial charge on any atom is -0.366 e. The molecule has 124 valence electrons. The van der Waals surface area contributed by atoms with E-state index < -0.39 is 28.5 Å². The van der Waals surface area contributed by atoms with Gasteiger partial charge in [-0.15, -0.1) is 0 Å². The molecule has 3 fully saturated rings. The lowest BCUT2D eigenvalue weighted by atomic mass is 9.89. The first-order valence-electron chi connectivity index (χ1n) is 8.01. The van der Waals surface area contributed by atoms with E-state index in [0.717, 1.165) is 6.07 Å². The van der Waals surface area contributed by atoms with Crippen LogP contribution >= 0.6 is 0 Å². The Balaban J connectivity index is 1.42. The molecular weight excluding hydrogens is 305 g/mol. The van der Waals surface area contributed by atoms with Crippen LogP contribution in [0.1, 0.15) is 41.6 Å². The molecule has 2 aliphatic carbocycles. The van der Waals surface area contributed by atoms with E-state index in [1.165, 1.54) is 6.07 Å². The number of amides is 1.